The van der Waals surface area contributed by atoms with Crippen molar-refractivity contribution in [2.75, 3.05) is 0 Å². The van der Waals surface area contributed by atoms with Crippen molar-refractivity contribution >= 4 is 29.4 Å². The van der Waals surface area contributed by atoms with Crippen molar-refractivity contribution in [1.82, 2.24) is 9.61 Å². The van der Waals surface area contributed by atoms with E-state index in [1.807, 2.05) is 0 Å². The van der Waals surface area contributed by atoms with Gasteiger partial charge >= 0.3 is 5.97 Å². The molecule has 2 aromatic rings. The molecule has 0 unspecified atom stereocenters. The number of carbonyl (C=O) groups is 2. The predicted octanol–water partition coefficient (Wildman–Crippen LogP) is 1.50. The maximum atomic E-state index is 10.8. The van der Waals surface area contributed by atoms with Gasteiger partial charge in [-0.15, -0.1) is 0 Å². The molecular weight excluding hydrogens is 220 g/mol. The number of aromatic nitrogens is 2. The number of rotatable bonds is 2. The van der Waals surface area contributed by atoms with E-state index in [0.717, 1.165) is 0 Å². The minimum absolute atomic E-state index is 0.00639. The second-order valence-electron chi connectivity index (χ2n) is 2.83. The average Bonchev–Trinajstić information content (AvgIpc) is 2.57. The number of carbonyl (C=O) groups excluding carboxylic acids is 1. The maximum Gasteiger partial charge on any atom is 0.357 e. The van der Waals surface area contributed by atoms with Gasteiger partial charge in [-0.1, -0.05) is 11.6 Å². The number of carboxylic acid groups (broad SMARTS) is 1. The van der Waals surface area contributed by atoms with E-state index in [2.05, 4.69) is 5.10 Å². The first-order chi connectivity index (χ1) is 7.15. The predicted molar refractivity (Wildman–Crippen MR) is 52.5 cm³/mol. The van der Waals surface area contributed by atoms with E-state index in [-0.39, 0.29) is 11.3 Å². The molecule has 0 radical (unpaired) electrons. The highest BCUT2D eigenvalue weighted by molar-refractivity contribution is 6.34. The van der Waals surface area contributed by atoms with Crippen LogP contribution >= 0.6 is 11.6 Å². The van der Waals surface area contributed by atoms with E-state index in [4.69, 9.17) is 16.7 Å². The van der Waals surface area contributed by atoms with Gasteiger partial charge < -0.3 is 5.11 Å². The standard InChI is InChI=1S/C9H5ClN2O3/c10-6-2-1-3-12-8(6)5(4-13)7(11-12)9(14)15/h1-4H,(H,14,15). The van der Waals surface area contributed by atoms with Crippen molar-refractivity contribution < 1.29 is 14.7 Å². The highest BCUT2D eigenvalue weighted by Crippen LogP contribution is 2.22. The number of aromatic carboxylic acids is 1. The molecule has 15 heavy (non-hydrogen) atoms. The Kier molecular flexibility index (Phi) is 2.17. The number of nitrogens with zero attached hydrogens (tertiary/aromatic N) is 2. The van der Waals surface area contributed by atoms with Crippen molar-refractivity contribution in [2.45, 2.75) is 0 Å². The number of aldehydes is 1. The van der Waals surface area contributed by atoms with Crippen LogP contribution in [-0.4, -0.2) is 27.0 Å². The monoisotopic (exact) mass is 224 g/mol. The summed E-state index contributed by atoms with van der Waals surface area (Å²) in [5.41, 5.74) is 0.0118. The van der Waals surface area contributed by atoms with Crippen molar-refractivity contribution in [3.8, 4) is 0 Å². The van der Waals surface area contributed by atoms with Gasteiger partial charge in [0.1, 0.15) is 0 Å². The van der Waals surface area contributed by atoms with Crippen LogP contribution in [0.25, 0.3) is 5.52 Å². The third-order valence-electron chi connectivity index (χ3n) is 1.96. The Hall–Kier alpha value is -1.88. The van der Waals surface area contributed by atoms with Crippen LogP contribution in [0.15, 0.2) is 18.3 Å². The van der Waals surface area contributed by atoms with Crippen molar-refractivity contribution in [1.29, 1.82) is 0 Å². The first kappa shape index (κ1) is 9.67. The van der Waals surface area contributed by atoms with E-state index in [0.29, 0.717) is 16.8 Å². The highest BCUT2D eigenvalue weighted by Gasteiger charge is 2.19. The van der Waals surface area contributed by atoms with Gasteiger partial charge in [0.2, 0.25) is 0 Å². The fourth-order valence-corrected chi connectivity index (χ4v) is 1.61. The minimum atomic E-state index is -1.25. The largest absolute Gasteiger partial charge is 0.476 e. The van der Waals surface area contributed by atoms with Gasteiger partial charge in [-0.05, 0) is 12.1 Å². The Bertz CT molecular complexity index is 562. The molecule has 2 heterocycles. The molecule has 0 fully saturated rings. The summed E-state index contributed by atoms with van der Waals surface area (Å²) in [6.07, 6.45) is 1.97. The van der Waals surface area contributed by atoms with E-state index < -0.39 is 5.97 Å². The summed E-state index contributed by atoms with van der Waals surface area (Å²) in [4.78, 5) is 21.6. The van der Waals surface area contributed by atoms with Gasteiger partial charge in [-0.25, -0.2) is 9.31 Å². The summed E-state index contributed by atoms with van der Waals surface area (Å²) in [6.45, 7) is 0. The number of pyridine rings is 1. The molecule has 2 rings (SSSR count). The number of fused-ring (bicyclic) bond motifs is 1. The molecule has 76 valence electrons. The molecule has 0 amide bonds. The Morgan fingerprint density at radius 2 is 2.33 bits per heavy atom. The second kappa shape index (κ2) is 3.36. The quantitative estimate of drug-likeness (QED) is 0.785. The number of hydrogen-bond acceptors (Lipinski definition) is 3. The molecule has 0 aliphatic rings. The summed E-state index contributed by atoms with van der Waals surface area (Å²) < 4.78 is 1.27. The van der Waals surface area contributed by atoms with Crippen LogP contribution in [-0.2, 0) is 0 Å². The van der Waals surface area contributed by atoms with Crippen LogP contribution in [0, 0.1) is 0 Å². The molecule has 0 spiro atoms. The fraction of sp³-hybridized carbons (Fsp3) is 0. The molecule has 0 aliphatic heterocycles. The lowest BCUT2D eigenvalue weighted by molar-refractivity contribution is 0.0687. The third-order valence-corrected chi connectivity index (χ3v) is 2.27. The molecule has 6 heteroatoms. The molecule has 1 N–H and O–H groups in total. The van der Waals surface area contributed by atoms with E-state index in [1.54, 1.807) is 12.1 Å². The van der Waals surface area contributed by atoms with Gasteiger partial charge in [-0.2, -0.15) is 5.10 Å². The number of carboxylic acids is 1. The van der Waals surface area contributed by atoms with Gasteiger partial charge in [0.25, 0.3) is 0 Å². The Labute approximate surface area is 88.9 Å². The zero-order chi connectivity index (χ0) is 11.0. The zero-order valence-electron chi connectivity index (χ0n) is 7.35. The van der Waals surface area contributed by atoms with Crippen molar-refractivity contribution in [3.63, 3.8) is 0 Å². The lowest BCUT2D eigenvalue weighted by atomic mass is 10.2. The van der Waals surface area contributed by atoms with Crippen LogP contribution < -0.4 is 0 Å². The SMILES string of the molecule is O=Cc1c(C(=O)O)nn2cccc(Cl)c12. The number of halogens is 1. The first-order valence-corrected chi connectivity index (χ1v) is 4.38. The zero-order valence-corrected chi connectivity index (χ0v) is 8.10. The molecule has 0 aromatic carbocycles. The molecule has 0 bridgehead atoms. The minimum Gasteiger partial charge on any atom is -0.476 e. The van der Waals surface area contributed by atoms with E-state index in [1.165, 1.54) is 10.7 Å². The molecule has 0 saturated heterocycles. The van der Waals surface area contributed by atoms with E-state index >= 15 is 0 Å². The number of hydrogen-bond donors (Lipinski definition) is 1. The van der Waals surface area contributed by atoms with Crippen LogP contribution in [0.3, 0.4) is 0 Å². The molecule has 2 aromatic heterocycles. The lowest BCUT2D eigenvalue weighted by Crippen LogP contribution is -2.00. The molecule has 0 atom stereocenters. The Balaban J connectivity index is 2.92. The van der Waals surface area contributed by atoms with Crippen LogP contribution in [0.4, 0.5) is 0 Å². The van der Waals surface area contributed by atoms with Crippen LogP contribution in [0.5, 0.6) is 0 Å². The Morgan fingerprint density at radius 1 is 1.60 bits per heavy atom. The molecular formula is C9H5ClN2O3. The van der Waals surface area contributed by atoms with Gasteiger partial charge in [-0.3, -0.25) is 4.79 Å². The van der Waals surface area contributed by atoms with Crippen molar-refractivity contribution in [2.24, 2.45) is 0 Å². The smallest absolute Gasteiger partial charge is 0.357 e. The summed E-state index contributed by atoms with van der Waals surface area (Å²) in [5, 5.41) is 12.8. The van der Waals surface area contributed by atoms with E-state index in [9.17, 15) is 9.59 Å². The average molecular weight is 225 g/mol. The topological polar surface area (TPSA) is 71.7 Å². The Morgan fingerprint density at radius 3 is 2.93 bits per heavy atom. The normalized spacial score (nSPS) is 10.5. The summed E-state index contributed by atoms with van der Waals surface area (Å²) in [6, 6.07) is 3.18. The molecule has 0 saturated carbocycles. The lowest BCUT2D eigenvalue weighted by Gasteiger charge is -1.94. The van der Waals surface area contributed by atoms with Crippen LogP contribution in [0.1, 0.15) is 20.8 Å². The summed E-state index contributed by atoms with van der Waals surface area (Å²) in [7, 11) is 0. The summed E-state index contributed by atoms with van der Waals surface area (Å²) in [5.74, 6) is -1.25. The molecule has 5 nitrogen and oxygen atoms in total. The first-order valence-electron chi connectivity index (χ1n) is 4.00. The van der Waals surface area contributed by atoms with Gasteiger partial charge in [0.15, 0.2) is 12.0 Å². The second-order valence-corrected chi connectivity index (χ2v) is 3.24. The highest BCUT2D eigenvalue weighted by atomic mass is 35.5. The third kappa shape index (κ3) is 1.37. The van der Waals surface area contributed by atoms with Gasteiger partial charge in [0.05, 0.1) is 16.1 Å². The fourth-order valence-electron chi connectivity index (χ4n) is 1.35. The molecule has 0 aliphatic carbocycles. The summed E-state index contributed by atoms with van der Waals surface area (Å²) >= 11 is 5.85. The van der Waals surface area contributed by atoms with Crippen molar-refractivity contribution in [3.05, 3.63) is 34.6 Å². The maximum absolute atomic E-state index is 10.8. The van der Waals surface area contributed by atoms with Crippen LogP contribution in [0.2, 0.25) is 5.02 Å². The van der Waals surface area contributed by atoms with Gasteiger partial charge in [0, 0.05) is 6.20 Å².